The standard InChI is InChI=1S/C25H25N5O3/c1-15(24(31)26-11-10-16-13-27-21-9-8-17(33-3)12-19(16)21)30-22-7-5-4-6-18(22)20-14-28-29(2)25(32)23(20)30/h4-9,12-15,27H,10-11H2,1-3H3,(H,26,31). The number of benzene rings is 2. The molecular formula is C25H25N5O3. The van der Waals surface area contributed by atoms with Crippen molar-refractivity contribution in [1.29, 1.82) is 0 Å². The summed E-state index contributed by atoms with van der Waals surface area (Å²) in [5.41, 5.74) is 3.23. The van der Waals surface area contributed by atoms with Gasteiger partial charge in [0, 0.05) is 41.5 Å². The summed E-state index contributed by atoms with van der Waals surface area (Å²) in [7, 11) is 3.26. The number of methoxy groups -OCH3 is 1. The van der Waals surface area contributed by atoms with Crippen molar-refractivity contribution in [2.75, 3.05) is 13.7 Å². The van der Waals surface area contributed by atoms with E-state index in [4.69, 9.17) is 4.74 Å². The number of nitrogens with zero attached hydrogens (tertiary/aromatic N) is 3. The summed E-state index contributed by atoms with van der Waals surface area (Å²) in [6.45, 7) is 2.29. The molecule has 0 radical (unpaired) electrons. The monoisotopic (exact) mass is 443 g/mol. The van der Waals surface area contributed by atoms with Gasteiger partial charge in [-0.25, -0.2) is 4.68 Å². The van der Waals surface area contributed by atoms with Gasteiger partial charge in [0.05, 0.1) is 18.8 Å². The maximum Gasteiger partial charge on any atom is 0.291 e. The Balaban J connectivity index is 1.41. The molecule has 0 aliphatic carbocycles. The maximum atomic E-state index is 13.1. The number of carbonyl (C=O) groups is 1. The van der Waals surface area contributed by atoms with Gasteiger partial charge in [0.15, 0.2) is 0 Å². The lowest BCUT2D eigenvalue weighted by molar-refractivity contribution is -0.123. The van der Waals surface area contributed by atoms with E-state index < -0.39 is 6.04 Å². The Bertz CT molecular complexity index is 1560. The average molecular weight is 444 g/mol. The molecule has 0 aliphatic heterocycles. The number of amides is 1. The Labute approximate surface area is 189 Å². The first-order valence-electron chi connectivity index (χ1n) is 10.9. The fraction of sp³-hybridized carbons (Fsp3) is 0.240. The molecule has 5 aromatic rings. The first-order chi connectivity index (χ1) is 16.0. The number of nitrogens with one attached hydrogen (secondary N) is 2. The molecule has 0 aliphatic rings. The van der Waals surface area contributed by atoms with Crippen LogP contribution in [0.5, 0.6) is 5.75 Å². The molecule has 0 saturated heterocycles. The lowest BCUT2D eigenvalue weighted by atomic mass is 10.1. The lowest BCUT2D eigenvalue weighted by Gasteiger charge is -2.16. The van der Waals surface area contributed by atoms with Gasteiger partial charge < -0.3 is 19.6 Å². The van der Waals surface area contributed by atoms with Crippen LogP contribution < -0.4 is 15.6 Å². The minimum absolute atomic E-state index is 0.144. The predicted octanol–water partition coefficient (Wildman–Crippen LogP) is 3.30. The molecule has 0 saturated carbocycles. The van der Waals surface area contributed by atoms with E-state index in [0.717, 1.165) is 38.5 Å². The van der Waals surface area contributed by atoms with Crippen molar-refractivity contribution in [3.8, 4) is 5.75 Å². The molecule has 5 rings (SSSR count). The van der Waals surface area contributed by atoms with Crippen molar-refractivity contribution in [3.63, 3.8) is 0 Å². The fourth-order valence-electron chi connectivity index (χ4n) is 4.47. The maximum absolute atomic E-state index is 13.1. The van der Waals surface area contributed by atoms with Crippen LogP contribution in [0, 0.1) is 0 Å². The number of carbonyl (C=O) groups excluding carboxylic acids is 1. The highest BCUT2D eigenvalue weighted by molar-refractivity contribution is 6.08. The Morgan fingerprint density at radius 1 is 1.18 bits per heavy atom. The molecule has 0 bridgehead atoms. The number of H-pyrrole nitrogens is 1. The van der Waals surface area contributed by atoms with E-state index in [-0.39, 0.29) is 11.5 Å². The van der Waals surface area contributed by atoms with Crippen LogP contribution in [0.15, 0.2) is 59.7 Å². The number of aromatic nitrogens is 4. The summed E-state index contributed by atoms with van der Waals surface area (Å²) >= 11 is 0. The molecule has 168 valence electrons. The molecule has 0 spiro atoms. The minimum atomic E-state index is -0.564. The number of hydrogen-bond donors (Lipinski definition) is 2. The topological polar surface area (TPSA) is 93.9 Å². The molecule has 1 atom stereocenters. The normalized spacial score (nSPS) is 12.5. The largest absolute Gasteiger partial charge is 0.497 e. The lowest BCUT2D eigenvalue weighted by Crippen LogP contribution is -2.33. The van der Waals surface area contributed by atoms with Crippen LogP contribution in [0.2, 0.25) is 0 Å². The summed E-state index contributed by atoms with van der Waals surface area (Å²) in [5.74, 6) is 0.650. The molecule has 8 nitrogen and oxygen atoms in total. The summed E-state index contributed by atoms with van der Waals surface area (Å²) < 4.78 is 8.45. The molecule has 1 unspecified atom stereocenters. The third kappa shape index (κ3) is 3.44. The predicted molar refractivity (Wildman–Crippen MR) is 129 cm³/mol. The van der Waals surface area contributed by atoms with E-state index in [0.29, 0.717) is 18.5 Å². The number of ether oxygens (including phenoxy) is 1. The van der Waals surface area contributed by atoms with Crippen molar-refractivity contribution in [3.05, 3.63) is 70.8 Å². The van der Waals surface area contributed by atoms with Gasteiger partial charge in [-0.1, -0.05) is 18.2 Å². The van der Waals surface area contributed by atoms with Gasteiger partial charge in [0.2, 0.25) is 5.91 Å². The molecule has 8 heteroatoms. The minimum Gasteiger partial charge on any atom is -0.497 e. The first kappa shape index (κ1) is 20.8. The number of aromatic amines is 1. The van der Waals surface area contributed by atoms with Crippen LogP contribution in [0.3, 0.4) is 0 Å². The molecule has 3 heterocycles. The molecule has 33 heavy (non-hydrogen) atoms. The van der Waals surface area contributed by atoms with E-state index in [1.165, 1.54) is 4.68 Å². The van der Waals surface area contributed by atoms with Gasteiger partial charge in [0.1, 0.15) is 17.3 Å². The molecular weight excluding hydrogens is 418 g/mol. The van der Waals surface area contributed by atoms with Gasteiger partial charge in [0.25, 0.3) is 5.56 Å². The average Bonchev–Trinajstić information content (AvgIpc) is 3.39. The zero-order chi connectivity index (χ0) is 23.1. The van der Waals surface area contributed by atoms with Gasteiger partial charge in [-0.2, -0.15) is 5.10 Å². The third-order valence-electron chi connectivity index (χ3n) is 6.24. The van der Waals surface area contributed by atoms with E-state index in [1.807, 2.05) is 60.2 Å². The smallest absolute Gasteiger partial charge is 0.291 e. The van der Waals surface area contributed by atoms with Crippen LogP contribution >= 0.6 is 0 Å². The third-order valence-corrected chi connectivity index (χ3v) is 6.24. The highest BCUT2D eigenvalue weighted by atomic mass is 16.5. The van der Waals surface area contributed by atoms with Crippen LogP contribution in [0.4, 0.5) is 0 Å². The molecule has 3 aromatic heterocycles. The van der Waals surface area contributed by atoms with Crippen molar-refractivity contribution in [1.82, 2.24) is 24.6 Å². The Kier molecular flexibility index (Phi) is 5.12. The highest BCUT2D eigenvalue weighted by Crippen LogP contribution is 2.29. The Morgan fingerprint density at radius 3 is 2.82 bits per heavy atom. The van der Waals surface area contributed by atoms with Gasteiger partial charge >= 0.3 is 0 Å². The van der Waals surface area contributed by atoms with Crippen molar-refractivity contribution in [2.24, 2.45) is 7.05 Å². The van der Waals surface area contributed by atoms with Gasteiger partial charge in [-0.05, 0) is 43.2 Å². The van der Waals surface area contributed by atoms with E-state index in [1.54, 1.807) is 20.4 Å². The summed E-state index contributed by atoms with van der Waals surface area (Å²) in [4.78, 5) is 29.3. The van der Waals surface area contributed by atoms with Crippen LogP contribution in [0.1, 0.15) is 18.5 Å². The Morgan fingerprint density at radius 2 is 2.00 bits per heavy atom. The SMILES string of the molecule is COc1ccc2[nH]cc(CCNC(=O)C(C)n3c4ccccc4c4cnn(C)c(=O)c43)c2c1. The number of rotatable bonds is 6. The van der Waals surface area contributed by atoms with Crippen LogP contribution in [-0.2, 0) is 18.3 Å². The van der Waals surface area contributed by atoms with Crippen molar-refractivity contribution < 1.29 is 9.53 Å². The van der Waals surface area contributed by atoms with Crippen LogP contribution in [-0.4, -0.2) is 38.9 Å². The van der Waals surface area contributed by atoms with E-state index in [9.17, 15) is 9.59 Å². The number of para-hydroxylation sites is 1. The second-order valence-corrected chi connectivity index (χ2v) is 8.17. The van der Waals surface area contributed by atoms with Gasteiger partial charge in [-0.15, -0.1) is 0 Å². The molecule has 2 N–H and O–H groups in total. The Hall–Kier alpha value is -4.07. The van der Waals surface area contributed by atoms with Crippen molar-refractivity contribution in [2.45, 2.75) is 19.4 Å². The van der Waals surface area contributed by atoms with Crippen molar-refractivity contribution >= 4 is 38.6 Å². The highest BCUT2D eigenvalue weighted by Gasteiger charge is 2.23. The zero-order valence-electron chi connectivity index (χ0n) is 18.8. The second kappa shape index (κ2) is 8.12. The molecule has 1 amide bonds. The van der Waals surface area contributed by atoms with Gasteiger partial charge in [-0.3, -0.25) is 9.59 Å². The number of hydrogen-bond acceptors (Lipinski definition) is 4. The summed E-state index contributed by atoms with van der Waals surface area (Å²) in [6.07, 6.45) is 4.32. The molecule has 2 aromatic carbocycles. The number of fused-ring (bicyclic) bond motifs is 4. The first-order valence-corrected chi connectivity index (χ1v) is 10.9. The fourth-order valence-corrected chi connectivity index (χ4v) is 4.47. The number of aryl methyl sites for hydroxylation is 1. The van der Waals surface area contributed by atoms with E-state index >= 15 is 0 Å². The van der Waals surface area contributed by atoms with E-state index in [2.05, 4.69) is 15.4 Å². The second-order valence-electron chi connectivity index (χ2n) is 8.17. The zero-order valence-corrected chi connectivity index (χ0v) is 18.8. The summed E-state index contributed by atoms with van der Waals surface area (Å²) in [5, 5.41) is 9.94. The quantitative estimate of drug-likeness (QED) is 0.421. The van der Waals surface area contributed by atoms with Crippen LogP contribution in [0.25, 0.3) is 32.7 Å². The molecule has 0 fully saturated rings. The summed E-state index contributed by atoms with van der Waals surface area (Å²) in [6, 6.07) is 13.0.